The number of carbonyl (C=O) groups excluding carboxylic acids is 2. The molecule has 0 unspecified atom stereocenters. The first kappa shape index (κ1) is 21.6. The van der Waals surface area contributed by atoms with Gasteiger partial charge in [-0.15, -0.1) is 0 Å². The number of benzene rings is 2. The molecule has 8 nitrogen and oxygen atoms in total. The van der Waals surface area contributed by atoms with Gasteiger partial charge in [0.05, 0.1) is 26.4 Å². The van der Waals surface area contributed by atoms with E-state index >= 15 is 0 Å². The van der Waals surface area contributed by atoms with E-state index in [-0.39, 0.29) is 11.9 Å². The zero-order valence-corrected chi connectivity index (χ0v) is 16.8. The zero-order chi connectivity index (χ0) is 21.2. The van der Waals surface area contributed by atoms with Crippen molar-refractivity contribution in [1.29, 1.82) is 0 Å². The molecule has 4 N–H and O–H groups in total. The summed E-state index contributed by atoms with van der Waals surface area (Å²) in [6, 6.07) is 15.1. The van der Waals surface area contributed by atoms with Crippen LogP contribution in [0.5, 0.6) is 11.5 Å². The van der Waals surface area contributed by atoms with Gasteiger partial charge in [-0.1, -0.05) is 30.3 Å². The lowest BCUT2D eigenvalue weighted by molar-refractivity contribution is -0.122. The lowest BCUT2D eigenvalue weighted by atomic mass is 10.0. The maximum absolute atomic E-state index is 11.4. The second kappa shape index (κ2) is 11.2. The SMILES string of the molecule is NC(=O)Oc1ccccc1COCCCOc1ccc(C[C@@H]2CNCC(=O)N2)cc1. The van der Waals surface area contributed by atoms with Crippen LogP contribution in [0.25, 0.3) is 0 Å². The van der Waals surface area contributed by atoms with Gasteiger partial charge >= 0.3 is 6.09 Å². The third kappa shape index (κ3) is 7.06. The van der Waals surface area contributed by atoms with Crippen molar-refractivity contribution in [3.63, 3.8) is 0 Å². The molecule has 1 saturated heterocycles. The molecule has 2 aromatic carbocycles. The first-order chi connectivity index (χ1) is 14.6. The average molecular weight is 413 g/mol. The van der Waals surface area contributed by atoms with Gasteiger partial charge in [0.1, 0.15) is 11.5 Å². The van der Waals surface area contributed by atoms with Gasteiger partial charge in [-0.2, -0.15) is 0 Å². The van der Waals surface area contributed by atoms with Gasteiger partial charge in [-0.05, 0) is 30.2 Å². The van der Waals surface area contributed by atoms with E-state index in [1.807, 2.05) is 36.4 Å². The van der Waals surface area contributed by atoms with Crippen LogP contribution in [0, 0.1) is 0 Å². The van der Waals surface area contributed by atoms with Crippen LogP contribution in [0.4, 0.5) is 4.79 Å². The van der Waals surface area contributed by atoms with Gasteiger partial charge in [0, 0.05) is 24.6 Å². The fraction of sp³-hybridized carbons (Fsp3) is 0.364. The normalized spacial score (nSPS) is 16.0. The summed E-state index contributed by atoms with van der Waals surface area (Å²) in [4.78, 5) is 22.3. The van der Waals surface area contributed by atoms with Crippen LogP contribution < -0.4 is 25.8 Å². The summed E-state index contributed by atoms with van der Waals surface area (Å²) in [6.07, 6.45) is 0.663. The van der Waals surface area contributed by atoms with Gasteiger partial charge in [-0.25, -0.2) is 4.79 Å². The molecule has 8 heteroatoms. The number of piperazine rings is 1. The lowest BCUT2D eigenvalue weighted by Crippen LogP contribution is -2.52. The molecule has 2 aromatic rings. The van der Waals surface area contributed by atoms with Crippen LogP contribution in [0.1, 0.15) is 17.5 Å². The number of hydrogen-bond donors (Lipinski definition) is 3. The van der Waals surface area contributed by atoms with Crippen molar-refractivity contribution in [2.75, 3.05) is 26.3 Å². The van der Waals surface area contributed by atoms with Gasteiger partial charge < -0.3 is 30.6 Å². The van der Waals surface area contributed by atoms with Crippen LogP contribution in [-0.2, 0) is 22.6 Å². The molecule has 2 amide bonds. The molecule has 1 heterocycles. The molecule has 0 saturated carbocycles. The van der Waals surface area contributed by atoms with E-state index < -0.39 is 6.09 Å². The van der Waals surface area contributed by atoms with E-state index in [2.05, 4.69) is 10.6 Å². The molecule has 160 valence electrons. The Kier molecular flexibility index (Phi) is 8.05. The van der Waals surface area contributed by atoms with E-state index in [4.69, 9.17) is 19.9 Å². The second-order valence-corrected chi connectivity index (χ2v) is 7.03. The summed E-state index contributed by atoms with van der Waals surface area (Å²) < 4.78 is 16.3. The molecular weight excluding hydrogens is 386 g/mol. The standard InChI is InChI=1S/C22H27N3O5/c23-22(27)30-20-5-2-1-4-17(20)15-28-10-3-11-29-19-8-6-16(7-9-19)12-18-13-24-14-21(26)25-18/h1-2,4-9,18,24H,3,10-15H2,(H2,23,27)(H,25,26)/t18-/m1/s1. The van der Waals surface area contributed by atoms with Crippen LogP contribution in [-0.4, -0.2) is 44.3 Å². The Morgan fingerprint density at radius 3 is 2.67 bits per heavy atom. The largest absolute Gasteiger partial charge is 0.494 e. The number of carbonyl (C=O) groups is 2. The Labute approximate surface area is 175 Å². The molecule has 0 radical (unpaired) electrons. The van der Waals surface area contributed by atoms with Crippen LogP contribution in [0.15, 0.2) is 48.5 Å². The van der Waals surface area contributed by atoms with Gasteiger partial charge in [0.25, 0.3) is 0 Å². The fourth-order valence-electron chi connectivity index (χ4n) is 3.18. The monoisotopic (exact) mass is 413 g/mol. The Morgan fingerprint density at radius 2 is 1.90 bits per heavy atom. The van der Waals surface area contributed by atoms with Gasteiger partial charge in [0.15, 0.2) is 0 Å². The van der Waals surface area contributed by atoms with Crippen molar-refractivity contribution in [3.8, 4) is 11.5 Å². The number of para-hydroxylation sites is 1. The summed E-state index contributed by atoms with van der Waals surface area (Å²) >= 11 is 0. The van der Waals surface area contributed by atoms with Crippen LogP contribution in [0.3, 0.4) is 0 Å². The number of nitrogens with one attached hydrogen (secondary N) is 2. The summed E-state index contributed by atoms with van der Waals surface area (Å²) in [6.45, 7) is 2.53. The number of ether oxygens (including phenoxy) is 3. The minimum Gasteiger partial charge on any atom is -0.494 e. The van der Waals surface area contributed by atoms with E-state index in [0.29, 0.717) is 32.1 Å². The summed E-state index contributed by atoms with van der Waals surface area (Å²) in [7, 11) is 0. The number of primary amides is 1. The Morgan fingerprint density at radius 1 is 1.10 bits per heavy atom. The number of nitrogens with two attached hydrogens (primary N) is 1. The minimum atomic E-state index is -0.845. The van der Waals surface area contributed by atoms with Crippen molar-refractivity contribution in [2.24, 2.45) is 5.73 Å². The Hall–Kier alpha value is -3.10. The molecule has 30 heavy (non-hydrogen) atoms. The highest BCUT2D eigenvalue weighted by Crippen LogP contribution is 2.19. The lowest BCUT2D eigenvalue weighted by Gasteiger charge is -2.24. The van der Waals surface area contributed by atoms with E-state index in [0.717, 1.165) is 36.3 Å². The smallest absolute Gasteiger partial charge is 0.409 e. The van der Waals surface area contributed by atoms with Crippen LogP contribution >= 0.6 is 0 Å². The third-order valence-electron chi connectivity index (χ3n) is 4.59. The second-order valence-electron chi connectivity index (χ2n) is 7.03. The highest BCUT2D eigenvalue weighted by Gasteiger charge is 2.17. The van der Waals surface area contributed by atoms with Gasteiger partial charge in [0.2, 0.25) is 5.91 Å². The molecular formula is C22H27N3O5. The van der Waals surface area contributed by atoms with Crippen molar-refractivity contribution >= 4 is 12.0 Å². The fourth-order valence-corrected chi connectivity index (χ4v) is 3.18. The molecule has 0 aromatic heterocycles. The summed E-state index contributed by atoms with van der Waals surface area (Å²) in [5.41, 5.74) is 6.98. The first-order valence-electron chi connectivity index (χ1n) is 9.95. The molecule has 1 atom stereocenters. The molecule has 1 fully saturated rings. The number of rotatable bonds is 10. The Balaban J connectivity index is 1.33. The molecule has 1 aliphatic rings. The maximum Gasteiger partial charge on any atom is 0.409 e. The zero-order valence-electron chi connectivity index (χ0n) is 16.8. The van der Waals surface area contributed by atoms with Crippen molar-refractivity contribution in [3.05, 3.63) is 59.7 Å². The minimum absolute atomic E-state index is 0.0392. The molecule has 0 bridgehead atoms. The summed E-state index contributed by atoms with van der Waals surface area (Å²) in [5, 5.41) is 6.09. The van der Waals surface area contributed by atoms with Crippen molar-refractivity contribution in [2.45, 2.75) is 25.5 Å². The van der Waals surface area contributed by atoms with Crippen molar-refractivity contribution < 1.29 is 23.8 Å². The van der Waals surface area contributed by atoms with Crippen molar-refractivity contribution in [1.82, 2.24) is 10.6 Å². The average Bonchev–Trinajstić information content (AvgIpc) is 2.72. The number of amides is 2. The van der Waals surface area contributed by atoms with E-state index in [9.17, 15) is 9.59 Å². The van der Waals surface area contributed by atoms with E-state index in [1.54, 1.807) is 12.1 Å². The molecule has 1 aliphatic heterocycles. The van der Waals surface area contributed by atoms with Crippen LogP contribution in [0.2, 0.25) is 0 Å². The quantitative estimate of drug-likeness (QED) is 0.512. The molecule has 0 spiro atoms. The maximum atomic E-state index is 11.4. The number of hydrogen-bond acceptors (Lipinski definition) is 6. The summed E-state index contributed by atoms with van der Waals surface area (Å²) in [5.74, 6) is 1.24. The topological polar surface area (TPSA) is 112 Å². The van der Waals surface area contributed by atoms with E-state index in [1.165, 1.54) is 0 Å². The Bertz CT molecular complexity index is 841. The highest BCUT2D eigenvalue weighted by atomic mass is 16.5. The molecule has 3 rings (SSSR count). The first-order valence-corrected chi connectivity index (χ1v) is 9.95. The predicted molar refractivity (Wildman–Crippen MR) is 111 cm³/mol. The third-order valence-corrected chi connectivity index (χ3v) is 4.59. The predicted octanol–water partition coefficient (Wildman–Crippen LogP) is 1.76. The van der Waals surface area contributed by atoms with Gasteiger partial charge in [-0.3, -0.25) is 4.79 Å². The molecule has 0 aliphatic carbocycles. The highest BCUT2D eigenvalue weighted by molar-refractivity contribution is 5.79.